The van der Waals surface area contributed by atoms with Gasteiger partial charge in [-0.2, -0.15) is 0 Å². The van der Waals surface area contributed by atoms with Gasteiger partial charge in [-0.3, -0.25) is 23.7 Å². The minimum atomic E-state index is -0.531. The number of fused-ring (bicyclic) bond motifs is 1. The van der Waals surface area contributed by atoms with E-state index in [1.54, 1.807) is 11.5 Å². The topological polar surface area (TPSA) is 89.8 Å². The second-order valence-electron chi connectivity index (χ2n) is 4.83. The van der Waals surface area contributed by atoms with Crippen molar-refractivity contribution < 1.29 is 4.79 Å². The molecule has 0 atom stereocenters. The second-order valence-corrected chi connectivity index (χ2v) is 6.10. The van der Waals surface area contributed by atoms with Crippen LogP contribution in [0.25, 0.3) is 11.2 Å². The summed E-state index contributed by atoms with van der Waals surface area (Å²) in [6.07, 6.45) is 0.516. The van der Waals surface area contributed by atoms with E-state index in [1.807, 2.05) is 0 Å². The number of rotatable bonds is 3. The van der Waals surface area contributed by atoms with E-state index in [-0.39, 0.29) is 22.8 Å². The van der Waals surface area contributed by atoms with Crippen LogP contribution in [0.3, 0.4) is 0 Å². The smallest absolute Gasteiger partial charge is 0.300 e. The van der Waals surface area contributed by atoms with Crippen molar-refractivity contribution in [2.45, 2.75) is 26.8 Å². The molecule has 0 saturated heterocycles. The second kappa shape index (κ2) is 7.71. The molecule has 0 spiro atoms. The molecule has 2 rings (SSSR count). The largest absolute Gasteiger partial charge is 0.329 e. The van der Waals surface area contributed by atoms with Crippen molar-refractivity contribution in [2.75, 3.05) is 5.75 Å². The van der Waals surface area contributed by atoms with Crippen LogP contribution in [0.15, 0.2) is 9.59 Å². The fraction of sp³-hybridized carbons (Fsp3) is 0.375. The third kappa shape index (κ3) is 3.79. The fourth-order valence-electron chi connectivity index (χ4n) is 2.03. The normalized spacial score (nSPS) is 9.96. The number of hydrogen-bond donors (Lipinski definition) is 1. The predicted octanol–water partition coefficient (Wildman–Crippen LogP) is 0.468. The average molecular weight is 344 g/mol. The van der Waals surface area contributed by atoms with Crippen LogP contribution in [0, 0.1) is 23.7 Å². The van der Waals surface area contributed by atoms with Gasteiger partial charge in [0.15, 0.2) is 22.1 Å². The number of aromatic nitrogens is 4. The SMILES string of the molecule is CC#CCn1c(C#CCCSC(C)=O)nc2c1c(=O)[nH]c(=O)n2C. The molecule has 0 saturated carbocycles. The van der Waals surface area contributed by atoms with Crippen molar-refractivity contribution >= 4 is 28.0 Å². The maximum absolute atomic E-state index is 12.1. The molecular formula is C16H16N4O3S. The van der Waals surface area contributed by atoms with E-state index >= 15 is 0 Å². The summed E-state index contributed by atoms with van der Waals surface area (Å²) >= 11 is 1.20. The zero-order chi connectivity index (χ0) is 17.7. The van der Waals surface area contributed by atoms with E-state index in [2.05, 4.69) is 33.6 Å². The number of aromatic amines is 1. The van der Waals surface area contributed by atoms with Crippen LogP contribution in [0.5, 0.6) is 0 Å². The molecule has 0 amide bonds. The molecule has 1 N–H and O–H groups in total. The van der Waals surface area contributed by atoms with Gasteiger partial charge >= 0.3 is 5.69 Å². The number of nitrogens with zero attached hydrogens (tertiary/aromatic N) is 3. The minimum Gasteiger partial charge on any atom is -0.300 e. The number of thioether (sulfide) groups is 1. The lowest BCUT2D eigenvalue weighted by Gasteiger charge is -2.00. The summed E-state index contributed by atoms with van der Waals surface area (Å²) in [6.45, 7) is 3.46. The highest BCUT2D eigenvalue weighted by molar-refractivity contribution is 8.13. The Bertz CT molecular complexity index is 1020. The first-order valence-corrected chi connectivity index (χ1v) is 8.15. The molecule has 0 aliphatic heterocycles. The number of carbonyl (C=O) groups is 1. The molecule has 0 bridgehead atoms. The Hall–Kier alpha value is -2.71. The van der Waals surface area contributed by atoms with Crippen LogP contribution < -0.4 is 11.2 Å². The standard InChI is InChI=1S/C16H16N4O3S/c1-4-5-9-20-12(8-6-7-10-24-11(2)21)17-14-13(20)15(22)18-16(23)19(14)3/h7,9-10H2,1-3H3,(H,18,22,23). The zero-order valence-electron chi connectivity index (χ0n) is 13.6. The molecule has 0 aliphatic carbocycles. The van der Waals surface area contributed by atoms with Gasteiger partial charge in [0.1, 0.15) is 0 Å². The molecule has 2 aromatic heterocycles. The third-order valence-electron chi connectivity index (χ3n) is 3.15. The van der Waals surface area contributed by atoms with Crippen LogP contribution in [0.4, 0.5) is 0 Å². The zero-order valence-corrected chi connectivity index (χ0v) is 14.4. The minimum absolute atomic E-state index is 0.0452. The van der Waals surface area contributed by atoms with Gasteiger partial charge in [-0.25, -0.2) is 9.78 Å². The number of H-pyrrole nitrogens is 1. The van der Waals surface area contributed by atoms with Crippen molar-refractivity contribution in [1.82, 2.24) is 19.1 Å². The summed E-state index contributed by atoms with van der Waals surface area (Å²) in [5.74, 6) is 12.4. The molecule has 124 valence electrons. The van der Waals surface area contributed by atoms with Crippen molar-refractivity contribution in [3.05, 3.63) is 26.7 Å². The number of nitrogens with one attached hydrogen (secondary N) is 1. The van der Waals surface area contributed by atoms with Crippen LogP contribution >= 0.6 is 11.8 Å². The van der Waals surface area contributed by atoms with Crippen LogP contribution in [-0.2, 0) is 18.4 Å². The molecule has 2 heterocycles. The third-order valence-corrected chi connectivity index (χ3v) is 3.97. The van der Waals surface area contributed by atoms with Gasteiger partial charge in [-0.15, -0.1) is 5.92 Å². The highest BCUT2D eigenvalue weighted by Gasteiger charge is 2.15. The number of carbonyl (C=O) groups excluding carboxylic acids is 1. The Kier molecular flexibility index (Phi) is 5.67. The van der Waals surface area contributed by atoms with Gasteiger partial charge in [0.2, 0.25) is 0 Å². The molecule has 24 heavy (non-hydrogen) atoms. The molecule has 0 aliphatic rings. The molecule has 0 radical (unpaired) electrons. The maximum atomic E-state index is 12.1. The highest BCUT2D eigenvalue weighted by Crippen LogP contribution is 2.10. The van der Waals surface area contributed by atoms with Crippen LogP contribution in [0.2, 0.25) is 0 Å². The Morgan fingerprint density at radius 2 is 2.08 bits per heavy atom. The molecule has 0 aromatic carbocycles. The lowest BCUT2D eigenvalue weighted by Crippen LogP contribution is -2.29. The van der Waals surface area contributed by atoms with E-state index in [0.29, 0.717) is 18.0 Å². The molecule has 7 nitrogen and oxygen atoms in total. The first-order valence-electron chi connectivity index (χ1n) is 7.17. The molecule has 8 heteroatoms. The van der Waals surface area contributed by atoms with E-state index < -0.39 is 11.2 Å². The van der Waals surface area contributed by atoms with Crippen LogP contribution in [0.1, 0.15) is 26.1 Å². The average Bonchev–Trinajstić information content (AvgIpc) is 2.89. The van der Waals surface area contributed by atoms with Gasteiger partial charge < -0.3 is 0 Å². The summed E-state index contributed by atoms with van der Waals surface area (Å²) in [7, 11) is 1.53. The lowest BCUT2D eigenvalue weighted by atomic mass is 10.4. The van der Waals surface area contributed by atoms with E-state index in [1.165, 1.54) is 30.3 Å². The predicted molar refractivity (Wildman–Crippen MR) is 93.7 cm³/mol. The first-order chi connectivity index (χ1) is 11.5. The molecule has 2 aromatic rings. The quantitative estimate of drug-likeness (QED) is 0.646. The Labute approximate surface area is 142 Å². The van der Waals surface area contributed by atoms with E-state index in [0.717, 1.165) is 0 Å². The Morgan fingerprint density at radius 3 is 2.75 bits per heavy atom. The van der Waals surface area contributed by atoms with Crippen LogP contribution in [-0.4, -0.2) is 30.0 Å². The summed E-state index contributed by atoms with van der Waals surface area (Å²) in [4.78, 5) is 41.3. The summed E-state index contributed by atoms with van der Waals surface area (Å²) in [5, 5.41) is 0.0452. The summed E-state index contributed by atoms with van der Waals surface area (Å²) in [6, 6.07) is 0. The number of hydrogen-bond acceptors (Lipinski definition) is 5. The van der Waals surface area contributed by atoms with Crippen molar-refractivity contribution in [3.63, 3.8) is 0 Å². The molecular weight excluding hydrogens is 328 g/mol. The van der Waals surface area contributed by atoms with Gasteiger partial charge in [-0.05, 0) is 12.8 Å². The van der Waals surface area contributed by atoms with Crippen molar-refractivity contribution in [2.24, 2.45) is 7.05 Å². The fourth-order valence-corrected chi connectivity index (χ4v) is 2.52. The maximum Gasteiger partial charge on any atom is 0.329 e. The highest BCUT2D eigenvalue weighted by atomic mass is 32.2. The molecule has 0 fully saturated rings. The van der Waals surface area contributed by atoms with Gasteiger partial charge in [0, 0.05) is 26.1 Å². The van der Waals surface area contributed by atoms with Gasteiger partial charge in [0.05, 0.1) is 6.54 Å². The monoisotopic (exact) mass is 344 g/mol. The van der Waals surface area contributed by atoms with Gasteiger partial charge in [-0.1, -0.05) is 23.6 Å². The number of imidazole rings is 1. The van der Waals surface area contributed by atoms with E-state index in [4.69, 9.17) is 0 Å². The van der Waals surface area contributed by atoms with Gasteiger partial charge in [0.25, 0.3) is 5.56 Å². The Balaban J connectivity index is 2.50. The Morgan fingerprint density at radius 1 is 1.33 bits per heavy atom. The van der Waals surface area contributed by atoms with E-state index in [9.17, 15) is 14.4 Å². The summed E-state index contributed by atoms with van der Waals surface area (Å²) in [5.41, 5.74) is -0.513. The van der Waals surface area contributed by atoms with Crippen molar-refractivity contribution in [1.29, 1.82) is 0 Å². The lowest BCUT2D eigenvalue weighted by molar-refractivity contribution is -0.109. The number of aryl methyl sites for hydroxylation is 1. The summed E-state index contributed by atoms with van der Waals surface area (Å²) < 4.78 is 2.86. The van der Waals surface area contributed by atoms with Crippen molar-refractivity contribution in [3.8, 4) is 23.7 Å². The first kappa shape index (κ1) is 17.6. The molecule has 0 unspecified atom stereocenters.